The molecule has 3 rings (SSSR count). The summed E-state index contributed by atoms with van der Waals surface area (Å²) in [5.41, 5.74) is 0. The summed E-state index contributed by atoms with van der Waals surface area (Å²) in [6.07, 6.45) is 6.96. The minimum absolute atomic E-state index is 0.520. The van der Waals surface area contributed by atoms with Crippen LogP contribution >= 0.6 is 11.8 Å². The maximum atomic E-state index is 11.6. The number of hydrogen-bond donors (Lipinski definition) is 0. The quantitative estimate of drug-likeness (QED) is 0.737. The van der Waals surface area contributed by atoms with Gasteiger partial charge in [0.15, 0.2) is 0 Å². The van der Waals surface area contributed by atoms with Crippen molar-refractivity contribution >= 4 is 17.5 Å². The molecule has 0 saturated carbocycles. The Morgan fingerprint density at radius 1 is 1.19 bits per heavy atom. The van der Waals surface area contributed by atoms with Crippen molar-refractivity contribution in [1.82, 2.24) is 4.90 Å². The molecule has 0 aromatic carbocycles. The largest absolute Gasteiger partial charge is 0.300 e. The first-order chi connectivity index (χ1) is 7.83. The van der Waals surface area contributed by atoms with Crippen molar-refractivity contribution in [3.05, 3.63) is 0 Å². The molecule has 2 nitrogen and oxygen atoms in total. The summed E-state index contributed by atoms with van der Waals surface area (Å²) in [5, 5.41) is 0. The second-order valence-electron chi connectivity index (χ2n) is 5.61. The summed E-state index contributed by atoms with van der Waals surface area (Å²) in [7, 11) is 0. The number of Topliss-reactive ketones (excluding diaryl/α,β-unsaturated/α-hetero) is 1. The van der Waals surface area contributed by atoms with E-state index in [1.165, 1.54) is 43.7 Å². The molecule has 0 N–H and O–H groups in total. The summed E-state index contributed by atoms with van der Waals surface area (Å²) in [5.74, 6) is 4.13. The van der Waals surface area contributed by atoms with E-state index in [0.717, 1.165) is 18.8 Å². The lowest BCUT2D eigenvalue weighted by Gasteiger charge is -2.46. The highest BCUT2D eigenvalue weighted by Crippen LogP contribution is 2.34. The van der Waals surface area contributed by atoms with Crippen LogP contribution in [0.3, 0.4) is 0 Å². The number of piperidine rings is 2. The van der Waals surface area contributed by atoms with Gasteiger partial charge in [-0.15, -0.1) is 0 Å². The number of carbonyl (C=O) groups excluding carboxylic acids is 1. The van der Waals surface area contributed by atoms with Crippen LogP contribution in [0.4, 0.5) is 0 Å². The Balaban J connectivity index is 1.66. The van der Waals surface area contributed by atoms with Crippen molar-refractivity contribution in [2.45, 2.75) is 50.6 Å². The van der Waals surface area contributed by atoms with Crippen LogP contribution in [0, 0.1) is 5.92 Å². The zero-order valence-electron chi connectivity index (χ0n) is 9.86. The van der Waals surface area contributed by atoms with Crippen LogP contribution in [0.25, 0.3) is 0 Å². The topological polar surface area (TPSA) is 20.3 Å². The smallest absolute Gasteiger partial charge is 0.136 e. The predicted molar refractivity (Wildman–Crippen MR) is 67.8 cm³/mol. The SMILES string of the molecule is O=C1CC2CCCC(C1)N2CC1CCSC1. The standard InChI is InChI=1S/C13H21NOS/c15-13-6-11-2-1-3-12(7-13)14(11)8-10-4-5-16-9-10/h10-12H,1-9H2. The fourth-order valence-electron chi connectivity index (χ4n) is 3.59. The molecule has 0 amide bonds. The molecule has 3 fully saturated rings. The molecule has 0 aromatic rings. The lowest BCUT2D eigenvalue weighted by molar-refractivity contribution is -0.127. The molecule has 3 aliphatic rings. The first-order valence-electron chi connectivity index (χ1n) is 6.68. The van der Waals surface area contributed by atoms with Gasteiger partial charge in [0.05, 0.1) is 0 Å². The molecular formula is C13H21NOS. The number of rotatable bonds is 2. The molecule has 3 aliphatic heterocycles. The van der Waals surface area contributed by atoms with E-state index in [-0.39, 0.29) is 0 Å². The van der Waals surface area contributed by atoms with Crippen LogP contribution in [0.15, 0.2) is 0 Å². The van der Waals surface area contributed by atoms with E-state index in [2.05, 4.69) is 16.7 Å². The zero-order chi connectivity index (χ0) is 11.0. The molecule has 16 heavy (non-hydrogen) atoms. The highest BCUT2D eigenvalue weighted by Gasteiger charge is 2.38. The number of carbonyl (C=O) groups is 1. The summed E-state index contributed by atoms with van der Waals surface area (Å²) in [6.45, 7) is 1.27. The Morgan fingerprint density at radius 3 is 2.56 bits per heavy atom. The average Bonchev–Trinajstić information content (AvgIpc) is 2.72. The van der Waals surface area contributed by atoms with E-state index in [1.807, 2.05) is 0 Å². The molecule has 3 heteroatoms. The first kappa shape index (κ1) is 11.1. The highest BCUT2D eigenvalue weighted by molar-refractivity contribution is 7.99. The van der Waals surface area contributed by atoms with Gasteiger partial charge in [-0.3, -0.25) is 9.69 Å². The molecule has 2 bridgehead atoms. The zero-order valence-corrected chi connectivity index (χ0v) is 10.7. The Bertz CT molecular complexity index is 259. The fraction of sp³-hybridized carbons (Fsp3) is 0.923. The minimum Gasteiger partial charge on any atom is -0.300 e. The normalized spacial score (nSPS) is 40.2. The molecule has 3 atom stereocenters. The van der Waals surface area contributed by atoms with E-state index < -0.39 is 0 Å². The lowest BCUT2D eigenvalue weighted by atomic mass is 9.83. The van der Waals surface area contributed by atoms with Crippen LogP contribution in [0.2, 0.25) is 0 Å². The van der Waals surface area contributed by atoms with Gasteiger partial charge in [0.25, 0.3) is 0 Å². The van der Waals surface area contributed by atoms with Gasteiger partial charge in [0.2, 0.25) is 0 Å². The number of thioether (sulfide) groups is 1. The fourth-order valence-corrected chi connectivity index (χ4v) is 4.86. The van der Waals surface area contributed by atoms with E-state index >= 15 is 0 Å². The van der Waals surface area contributed by atoms with E-state index in [1.54, 1.807) is 0 Å². The third-order valence-electron chi connectivity index (χ3n) is 4.43. The van der Waals surface area contributed by atoms with Gasteiger partial charge in [-0.2, -0.15) is 11.8 Å². The molecular weight excluding hydrogens is 218 g/mol. The summed E-state index contributed by atoms with van der Waals surface area (Å²) in [4.78, 5) is 14.3. The summed E-state index contributed by atoms with van der Waals surface area (Å²) < 4.78 is 0. The van der Waals surface area contributed by atoms with E-state index in [4.69, 9.17) is 0 Å². The van der Waals surface area contributed by atoms with E-state index in [9.17, 15) is 4.79 Å². The van der Waals surface area contributed by atoms with Crippen molar-refractivity contribution in [3.63, 3.8) is 0 Å². The van der Waals surface area contributed by atoms with Crippen molar-refractivity contribution < 1.29 is 4.79 Å². The maximum absolute atomic E-state index is 11.6. The van der Waals surface area contributed by atoms with Crippen LogP contribution in [-0.2, 0) is 4.79 Å². The van der Waals surface area contributed by atoms with Crippen molar-refractivity contribution in [3.8, 4) is 0 Å². The molecule has 0 spiro atoms. The van der Waals surface area contributed by atoms with Gasteiger partial charge >= 0.3 is 0 Å². The van der Waals surface area contributed by atoms with Crippen LogP contribution < -0.4 is 0 Å². The van der Waals surface area contributed by atoms with Crippen LogP contribution in [-0.4, -0.2) is 40.8 Å². The molecule has 3 unspecified atom stereocenters. The molecule has 90 valence electrons. The Kier molecular flexibility index (Phi) is 3.25. The predicted octanol–water partition coefficient (Wildman–Crippen LogP) is 2.33. The molecule has 3 saturated heterocycles. The van der Waals surface area contributed by atoms with Gasteiger partial charge in [0, 0.05) is 31.5 Å². The third kappa shape index (κ3) is 2.17. The Labute approximate surface area is 102 Å². The number of ketones is 1. The van der Waals surface area contributed by atoms with Crippen molar-refractivity contribution in [1.29, 1.82) is 0 Å². The number of nitrogens with zero attached hydrogens (tertiary/aromatic N) is 1. The van der Waals surface area contributed by atoms with E-state index in [0.29, 0.717) is 17.9 Å². The Hall–Kier alpha value is -0.0200. The first-order valence-corrected chi connectivity index (χ1v) is 7.83. The van der Waals surface area contributed by atoms with Gasteiger partial charge in [-0.1, -0.05) is 6.42 Å². The monoisotopic (exact) mass is 239 g/mol. The maximum Gasteiger partial charge on any atom is 0.136 e. The second kappa shape index (κ2) is 4.69. The molecule has 0 aromatic heterocycles. The van der Waals surface area contributed by atoms with Crippen LogP contribution in [0.5, 0.6) is 0 Å². The van der Waals surface area contributed by atoms with Gasteiger partial charge < -0.3 is 0 Å². The third-order valence-corrected chi connectivity index (χ3v) is 5.66. The Morgan fingerprint density at radius 2 is 1.94 bits per heavy atom. The molecule has 3 heterocycles. The number of hydrogen-bond acceptors (Lipinski definition) is 3. The van der Waals surface area contributed by atoms with Gasteiger partial charge in [-0.25, -0.2) is 0 Å². The average molecular weight is 239 g/mol. The highest BCUT2D eigenvalue weighted by atomic mass is 32.2. The van der Waals surface area contributed by atoms with Crippen LogP contribution in [0.1, 0.15) is 38.5 Å². The van der Waals surface area contributed by atoms with Gasteiger partial charge in [-0.05, 0) is 36.7 Å². The number of fused-ring (bicyclic) bond motifs is 2. The minimum atomic E-state index is 0.520. The molecule has 0 aliphatic carbocycles. The van der Waals surface area contributed by atoms with Crippen molar-refractivity contribution in [2.75, 3.05) is 18.1 Å². The lowest BCUT2D eigenvalue weighted by Crippen LogP contribution is -2.53. The van der Waals surface area contributed by atoms with Gasteiger partial charge in [0.1, 0.15) is 5.78 Å². The van der Waals surface area contributed by atoms with Crippen molar-refractivity contribution in [2.24, 2.45) is 5.92 Å². The second-order valence-corrected chi connectivity index (χ2v) is 6.76. The summed E-state index contributed by atoms with van der Waals surface area (Å²) in [6, 6.07) is 1.20. The molecule has 0 radical (unpaired) electrons. The summed E-state index contributed by atoms with van der Waals surface area (Å²) >= 11 is 2.11.